The Morgan fingerprint density at radius 1 is 0.833 bits per heavy atom. The van der Waals surface area contributed by atoms with Crippen molar-refractivity contribution in [3.05, 3.63) is 29.8 Å². The first-order valence-corrected chi connectivity index (χ1v) is 10.9. The summed E-state index contributed by atoms with van der Waals surface area (Å²) in [6.07, 6.45) is -1.50. The van der Waals surface area contributed by atoms with E-state index in [0.29, 0.717) is 5.56 Å². The van der Waals surface area contributed by atoms with Gasteiger partial charge < -0.3 is 42.7 Å². The molecule has 0 fully saturated rings. The van der Waals surface area contributed by atoms with Crippen molar-refractivity contribution < 1.29 is 44.1 Å². The summed E-state index contributed by atoms with van der Waals surface area (Å²) >= 11 is 0. The number of carboxylic acid groups (broad SMARTS) is 2. The fourth-order valence-electron chi connectivity index (χ4n) is 3.09. The fourth-order valence-corrected chi connectivity index (χ4v) is 3.09. The van der Waals surface area contributed by atoms with E-state index in [1.165, 1.54) is 24.3 Å². The van der Waals surface area contributed by atoms with Crippen LogP contribution in [0.1, 0.15) is 32.3 Å². The van der Waals surface area contributed by atoms with Crippen LogP contribution >= 0.6 is 0 Å². The van der Waals surface area contributed by atoms with Gasteiger partial charge in [-0.2, -0.15) is 0 Å². The normalized spacial score (nSPS) is 14.1. The molecular weight excluding hydrogens is 478 g/mol. The summed E-state index contributed by atoms with van der Waals surface area (Å²) < 4.78 is 0. The van der Waals surface area contributed by atoms with Crippen molar-refractivity contribution in [2.45, 2.75) is 57.3 Å². The number of aliphatic carboxylic acids is 2. The smallest absolute Gasteiger partial charge is 0.326 e. The molecule has 1 rings (SSSR count). The molecule has 0 aliphatic heterocycles. The average Bonchev–Trinajstić information content (AvgIpc) is 2.76. The number of nitrogens with two attached hydrogens (primary N) is 2. The van der Waals surface area contributed by atoms with Crippen molar-refractivity contribution in [1.82, 2.24) is 16.0 Å². The van der Waals surface area contributed by atoms with Crippen LogP contribution in [0.5, 0.6) is 5.75 Å². The predicted octanol–water partition coefficient (Wildman–Crippen LogP) is -2.19. The van der Waals surface area contributed by atoms with Gasteiger partial charge in [-0.1, -0.05) is 26.0 Å². The van der Waals surface area contributed by atoms with Gasteiger partial charge in [0.15, 0.2) is 0 Å². The topological polar surface area (TPSA) is 251 Å². The first-order valence-electron chi connectivity index (χ1n) is 10.9. The maximum absolute atomic E-state index is 12.9. The number of phenolic OH excluding ortho intramolecular Hbond substituents is 1. The van der Waals surface area contributed by atoms with Crippen molar-refractivity contribution in [3.63, 3.8) is 0 Å². The maximum atomic E-state index is 12.9. The van der Waals surface area contributed by atoms with Gasteiger partial charge in [0.2, 0.25) is 23.6 Å². The van der Waals surface area contributed by atoms with Crippen LogP contribution in [0.15, 0.2) is 24.3 Å². The zero-order chi connectivity index (χ0) is 27.6. The minimum Gasteiger partial charge on any atom is -0.508 e. The molecule has 1 aromatic rings. The molecule has 10 N–H and O–H groups in total. The lowest BCUT2D eigenvalue weighted by molar-refractivity contribution is -0.142. The van der Waals surface area contributed by atoms with Crippen molar-refractivity contribution in [2.24, 2.45) is 17.4 Å². The van der Waals surface area contributed by atoms with Crippen molar-refractivity contribution in [1.29, 1.82) is 0 Å². The molecular formula is C22H31N5O9. The second kappa shape index (κ2) is 13.6. The zero-order valence-electron chi connectivity index (χ0n) is 19.8. The minimum absolute atomic E-state index is 0.0150. The highest BCUT2D eigenvalue weighted by Gasteiger charge is 2.32. The molecule has 0 saturated carbocycles. The van der Waals surface area contributed by atoms with Crippen LogP contribution in [0.3, 0.4) is 0 Å². The molecule has 0 radical (unpaired) electrons. The van der Waals surface area contributed by atoms with Gasteiger partial charge in [0.1, 0.15) is 23.9 Å². The molecule has 14 nitrogen and oxygen atoms in total. The Labute approximate surface area is 206 Å². The van der Waals surface area contributed by atoms with Gasteiger partial charge in [0, 0.05) is 6.42 Å². The van der Waals surface area contributed by atoms with E-state index < -0.39 is 78.5 Å². The zero-order valence-corrected chi connectivity index (χ0v) is 19.8. The van der Waals surface area contributed by atoms with Crippen LogP contribution in [0, 0.1) is 5.92 Å². The molecule has 1 aromatic carbocycles. The predicted molar refractivity (Wildman–Crippen MR) is 124 cm³/mol. The van der Waals surface area contributed by atoms with Crippen molar-refractivity contribution in [3.8, 4) is 5.75 Å². The summed E-state index contributed by atoms with van der Waals surface area (Å²) in [6, 6.07) is 0.0129. The molecule has 36 heavy (non-hydrogen) atoms. The van der Waals surface area contributed by atoms with E-state index in [-0.39, 0.29) is 12.2 Å². The molecule has 0 bridgehead atoms. The lowest BCUT2D eigenvalue weighted by Gasteiger charge is -2.26. The number of carbonyl (C=O) groups is 6. The van der Waals surface area contributed by atoms with E-state index in [9.17, 15) is 39.0 Å². The summed E-state index contributed by atoms with van der Waals surface area (Å²) in [5, 5.41) is 34.5. The molecule has 4 amide bonds. The summed E-state index contributed by atoms with van der Waals surface area (Å²) in [5.74, 6) is -7.06. The number of rotatable bonds is 14. The molecule has 4 unspecified atom stereocenters. The van der Waals surface area contributed by atoms with Gasteiger partial charge in [-0.05, 0) is 23.6 Å². The van der Waals surface area contributed by atoms with Crippen LogP contribution in [-0.4, -0.2) is 75.1 Å². The first kappa shape index (κ1) is 29.8. The van der Waals surface area contributed by atoms with E-state index in [4.69, 9.17) is 16.6 Å². The fraction of sp³-hybridized carbons (Fsp3) is 0.455. The third kappa shape index (κ3) is 9.97. The number of amides is 4. The van der Waals surface area contributed by atoms with Crippen LogP contribution in [0.2, 0.25) is 0 Å². The number of hydrogen-bond donors (Lipinski definition) is 8. The monoisotopic (exact) mass is 509 g/mol. The molecule has 0 aliphatic rings. The second-order valence-electron chi connectivity index (χ2n) is 8.44. The SMILES string of the molecule is CC(C)C(NC(=O)C(CC(N)=O)NC(=O)C(N)CC(=O)O)C(=O)NC(Cc1ccc(O)cc1)C(=O)O. The Morgan fingerprint density at radius 3 is 1.86 bits per heavy atom. The first-order chi connectivity index (χ1) is 16.7. The third-order valence-corrected chi connectivity index (χ3v) is 5.01. The molecule has 14 heteroatoms. The van der Waals surface area contributed by atoms with Gasteiger partial charge in [0.25, 0.3) is 0 Å². The maximum Gasteiger partial charge on any atom is 0.326 e. The summed E-state index contributed by atoms with van der Waals surface area (Å²) in [5.41, 5.74) is 11.1. The Morgan fingerprint density at radius 2 is 1.39 bits per heavy atom. The van der Waals surface area contributed by atoms with Crippen molar-refractivity contribution in [2.75, 3.05) is 0 Å². The van der Waals surface area contributed by atoms with Gasteiger partial charge in [-0.25, -0.2) is 4.79 Å². The molecule has 0 aliphatic carbocycles. The molecule has 0 spiro atoms. The van der Waals surface area contributed by atoms with E-state index in [1.807, 2.05) is 0 Å². The molecule has 4 atom stereocenters. The average molecular weight is 510 g/mol. The lowest BCUT2D eigenvalue weighted by atomic mass is 10.0. The Balaban J connectivity index is 2.98. The van der Waals surface area contributed by atoms with Gasteiger partial charge in [0.05, 0.1) is 18.9 Å². The highest BCUT2D eigenvalue weighted by Crippen LogP contribution is 2.12. The van der Waals surface area contributed by atoms with Gasteiger partial charge >= 0.3 is 11.9 Å². The number of hydrogen-bond acceptors (Lipinski definition) is 8. The highest BCUT2D eigenvalue weighted by molar-refractivity contribution is 5.96. The van der Waals surface area contributed by atoms with Crippen LogP contribution in [-0.2, 0) is 35.2 Å². The van der Waals surface area contributed by atoms with Crippen LogP contribution in [0.4, 0.5) is 0 Å². The number of nitrogens with one attached hydrogen (secondary N) is 3. The summed E-state index contributed by atoms with van der Waals surface area (Å²) in [4.78, 5) is 71.7. The highest BCUT2D eigenvalue weighted by atomic mass is 16.4. The Kier molecular flexibility index (Phi) is 11.3. The number of primary amides is 1. The van der Waals surface area contributed by atoms with Gasteiger partial charge in [-0.15, -0.1) is 0 Å². The van der Waals surface area contributed by atoms with E-state index >= 15 is 0 Å². The molecule has 0 saturated heterocycles. The summed E-state index contributed by atoms with van der Waals surface area (Å²) in [6.45, 7) is 3.15. The minimum atomic E-state index is -1.56. The van der Waals surface area contributed by atoms with Gasteiger partial charge in [-0.3, -0.25) is 24.0 Å². The summed E-state index contributed by atoms with van der Waals surface area (Å²) in [7, 11) is 0. The largest absolute Gasteiger partial charge is 0.508 e. The van der Waals surface area contributed by atoms with E-state index in [2.05, 4.69) is 16.0 Å². The van der Waals surface area contributed by atoms with E-state index in [1.54, 1.807) is 13.8 Å². The standard InChI is InChI=1S/C22H31N5O9/c1-10(2)18(21(34)26-15(22(35)36)7-11-3-5-12(28)6-4-11)27-20(33)14(9-16(24)29)25-19(32)13(23)8-17(30)31/h3-6,10,13-15,18,28H,7-9,23H2,1-2H3,(H2,24,29)(H,25,32)(H,26,34)(H,27,33)(H,30,31)(H,35,36). The molecule has 198 valence electrons. The number of carboxylic acids is 2. The van der Waals surface area contributed by atoms with E-state index in [0.717, 1.165) is 0 Å². The molecule has 0 aromatic heterocycles. The third-order valence-electron chi connectivity index (χ3n) is 5.01. The lowest BCUT2D eigenvalue weighted by Crippen LogP contribution is -2.59. The Hall–Kier alpha value is -4.20. The second-order valence-corrected chi connectivity index (χ2v) is 8.44. The number of phenols is 1. The van der Waals surface area contributed by atoms with Crippen molar-refractivity contribution >= 4 is 35.6 Å². The number of aromatic hydroxyl groups is 1. The number of benzene rings is 1. The number of carbonyl (C=O) groups excluding carboxylic acids is 4. The molecule has 0 heterocycles. The quantitative estimate of drug-likeness (QED) is 0.134. The van der Waals surface area contributed by atoms with Crippen LogP contribution < -0.4 is 27.4 Å². The van der Waals surface area contributed by atoms with Crippen LogP contribution in [0.25, 0.3) is 0 Å². The Bertz CT molecular complexity index is 981.